The van der Waals surface area contributed by atoms with Crippen LogP contribution in [0, 0.1) is 5.82 Å². The number of pyridine rings is 1. The largest absolute Gasteiger partial charge is 0.491 e. The summed E-state index contributed by atoms with van der Waals surface area (Å²) in [4.78, 5) is 29.7. The van der Waals surface area contributed by atoms with E-state index in [2.05, 4.69) is 10.3 Å². The molecule has 1 aromatic heterocycles. The van der Waals surface area contributed by atoms with E-state index in [-0.39, 0.29) is 36.0 Å². The van der Waals surface area contributed by atoms with E-state index in [1.807, 2.05) is 6.92 Å². The minimum absolute atomic E-state index is 0.0662. The monoisotopic (exact) mass is 486 g/mol. The number of aliphatic hydroxyl groups is 1. The first-order chi connectivity index (χ1) is 17.0. The van der Waals surface area contributed by atoms with E-state index >= 15 is 0 Å². The number of rotatable bonds is 10. The summed E-state index contributed by atoms with van der Waals surface area (Å²) in [7, 11) is 0. The average molecular weight is 487 g/mol. The third kappa shape index (κ3) is 6.22. The van der Waals surface area contributed by atoms with E-state index in [1.54, 1.807) is 12.1 Å². The maximum absolute atomic E-state index is 14.8. The molecule has 4 rings (SSSR count). The fraction of sp³-hybridized carbons (Fsp3) is 0.500. The Morgan fingerprint density at radius 2 is 2.14 bits per heavy atom. The van der Waals surface area contributed by atoms with Gasteiger partial charge in [-0.3, -0.25) is 9.59 Å². The molecule has 2 aliphatic rings. The number of aliphatic hydroxyl groups excluding tert-OH is 1. The lowest BCUT2D eigenvalue weighted by Crippen LogP contribution is -2.48. The van der Waals surface area contributed by atoms with Crippen molar-refractivity contribution in [1.82, 2.24) is 10.3 Å². The van der Waals surface area contributed by atoms with Gasteiger partial charge < -0.3 is 24.6 Å². The van der Waals surface area contributed by atoms with E-state index < -0.39 is 18.0 Å². The summed E-state index contributed by atoms with van der Waals surface area (Å²) >= 11 is 0. The minimum atomic E-state index is -0.770. The average Bonchev–Trinajstić information content (AvgIpc) is 3.32. The van der Waals surface area contributed by atoms with Crippen LogP contribution in [0.3, 0.4) is 0 Å². The van der Waals surface area contributed by atoms with Crippen LogP contribution in [0.1, 0.15) is 63.9 Å². The molecule has 1 amide bonds. The van der Waals surface area contributed by atoms with Gasteiger partial charge in [0.1, 0.15) is 17.3 Å². The molecule has 2 atom stereocenters. The first-order valence-corrected chi connectivity index (χ1v) is 12.1. The Bertz CT molecular complexity index is 1080. The number of ketones is 1. The highest BCUT2D eigenvalue weighted by molar-refractivity contribution is 5.96. The van der Waals surface area contributed by atoms with Gasteiger partial charge in [-0.2, -0.15) is 0 Å². The van der Waals surface area contributed by atoms with Gasteiger partial charge in [-0.1, -0.05) is 6.07 Å². The second-order valence-electron chi connectivity index (χ2n) is 8.77. The molecule has 0 spiro atoms. The number of benzene rings is 1. The van der Waals surface area contributed by atoms with E-state index in [0.29, 0.717) is 69.1 Å². The van der Waals surface area contributed by atoms with Crippen LogP contribution >= 0.6 is 0 Å². The van der Waals surface area contributed by atoms with Crippen molar-refractivity contribution in [3.8, 4) is 5.75 Å². The Morgan fingerprint density at radius 3 is 2.91 bits per heavy atom. The fourth-order valence-electron chi connectivity index (χ4n) is 4.35. The normalized spacial score (nSPS) is 19.2. The highest BCUT2D eigenvalue weighted by atomic mass is 19.1. The lowest BCUT2D eigenvalue weighted by molar-refractivity contribution is -0.0261. The van der Waals surface area contributed by atoms with E-state index in [1.165, 1.54) is 12.1 Å². The standard InChI is InChI=1S/C26H31FN2O6/c1-2-33-9-3-4-23(30)18-6-5-16(13-19(18)27)12-17-14-22(28-21-8-11-35-25(17)21)26(32)29-20-7-10-34-15-24(20)31/h5-6,13-14,20,24,31H,2-4,7-12,15H2,1H3,(H,29,32)/t20-,24-/m0/s1. The van der Waals surface area contributed by atoms with Gasteiger partial charge in [-0.25, -0.2) is 9.37 Å². The molecule has 0 bridgehead atoms. The van der Waals surface area contributed by atoms with E-state index in [0.717, 1.165) is 5.56 Å². The molecule has 188 valence electrons. The van der Waals surface area contributed by atoms with Gasteiger partial charge in [-0.15, -0.1) is 0 Å². The molecule has 9 heteroatoms. The van der Waals surface area contributed by atoms with Crippen molar-refractivity contribution in [2.75, 3.05) is 33.0 Å². The molecule has 1 fully saturated rings. The first-order valence-electron chi connectivity index (χ1n) is 12.1. The Labute approximate surface area is 203 Å². The lowest BCUT2D eigenvalue weighted by atomic mass is 9.99. The zero-order chi connectivity index (χ0) is 24.8. The lowest BCUT2D eigenvalue weighted by Gasteiger charge is -2.28. The molecule has 0 unspecified atom stereocenters. The number of carbonyl (C=O) groups excluding carboxylic acids is 2. The van der Waals surface area contributed by atoms with E-state index in [9.17, 15) is 19.1 Å². The predicted octanol–water partition coefficient (Wildman–Crippen LogP) is 2.63. The number of ether oxygens (including phenoxy) is 3. The molecular formula is C26H31FN2O6. The summed E-state index contributed by atoms with van der Waals surface area (Å²) < 4.78 is 31.0. The molecule has 0 radical (unpaired) electrons. The van der Waals surface area contributed by atoms with Crippen LogP contribution in [0.5, 0.6) is 5.75 Å². The van der Waals surface area contributed by atoms with Crippen LogP contribution in [0.25, 0.3) is 0 Å². The van der Waals surface area contributed by atoms with Crippen LogP contribution < -0.4 is 10.1 Å². The Morgan fingerprint density at radius 1 is 1.29 bits per heavy atom. The molecule has 1 aromatic carbocycles. The van der Waals surface area contributed by atoms with Gasteiger partial charge in [0.2, 0.25) is 0 Å². The third-order valence-corrected chi connectivity index (χ3v) is 6.21. The number of hydrogen-bond donors (Lipinski definition) is 2. The summed E-state index contributed by atoms with van der Waals surface area (Å²) in [5.74, 6) is -0.589. The zero-order valence-electron chi connectivity index (χ0n) is 19.8. The molecule has 3 heterocycles. The Kier molecular flexibility index (Phi) is 8.43. The van der Waals surface area contributed by atoms with Crippen molar-refractivity contribution in [3.63, 3.8) is 0 Å². The number of Topliss-reactive ketones (excluding diaryl/α,β-unsaturated/α-hetero) is 1. The SMILES string of the molecule is CCOCCCC(=O)c1ccc(Cc2cc(C(=O)N[C@H]3CCOC[C@@H]3O)nc3c2OCC3)cc1F. The summed E-state index contributed by atoms with van der Waals surface area (Å²) in [6.45, 7) is 4.05. The van der Waals surface area contributed by atoms with Crippen molar-refractivity contribution in [3.05, 3.63) is 58.2 Å². The summed E-state index contributed by atoms with van der Waals surface area (Å²) in [6, 6.07) is 5.83. The number of carbonyl (C=O) groups is 2. The minimum Gasteiger partial charge on any atom is -0.491 e. The maximum atomic E-state index is 14.8. The molecule has 2 N–H and O–H groups in total. The summed E-state index contributed by atoms with van der Waals surface area (Å²) in [6.07, 6.45) is 1.41. The van der Waals surface area contributed by atoms with Crippen LogP contribution in [0.15, 0.2) is 24.3 Å². The molecule has 2 aliphatic heterocycles. The Balaban J connectivity index is 1.49. The second-order valence-corrected chi connectivity index (χ2v) is 8.77. The fourth-order valence-corrected chi connectivity index (χ4v) is 4.35. The quantitative estimate of drug-likeness (QED) is 0.393. The molecule has 1 saturated heterocycles. The number of fused-ring (bicyclic) bond motifs is 1. The number of amides is 1. The zero-order valence-corrected chi connectivity index (χ0v) is 19.8. The summed E-state index contributed by atoms with van der Waals surface area (Å²) in [5, 5.41) is 12.9. The Hall–Kier alpha value is -2.88. The second kappa shape index (κ2) is 11.7. The van der Waals surface area contributed by atoms with Gasteiger partial charge in [-0.05, 0) is 43.5 Å². The first kappa shape index (κ1) is 25.2. The molecule has 0 saturated carbocycles. The predicted molar refractivity (Wildman–Crippen MR) is 125 cm³/mol. The number of aromatic nitrogens is 1. The molecular weight excluding hydrogens is 455 g/mol. The molecule has 8 nitrogen and oxygen atoms in total. The number of hydrogen-bond acceptors (Lipinski definition) is 7. The van der Waals surface area contributed by atoms with Gasteiger partial charge >= 0.3 is 0 Å². The molecule has 2 aromatic rings. The number of halogens is 1. The van der Waals surface area contributed by atoms with Crippen LogP contribution in [0.4, 0.5) is 4.39 Å². The smallest absolute Gasteiger partial charge is 0.270 e. The molecule has 0 aliphatic carbocycles. The highest BCUT2D eigenvalue weighted by Gasteiger charge is 2.28. The van der Waals surface area contributed by atoms with Gasteiger partial charge in [0.05, 0.1) is 36.6 Å². The maximum Gasteiger partial charge on any atom is 0.270 e. The van der Waals surface area contributed by atoms with Crippen molar-refractivity contribution in [2.24, 2.45) is 0 Å². The van der Waals surface area contributed by atoms with Crippen molar-refractivity contribution >= 4 is 11.7 Å². The van der Waals surface area contributed by atoms with Crippen LogP contribution in [-0.4, -0.2) is 67.0 Å². The van der Waals surface area contributed by atoms with Crippen molar-refractivity contribution in [1.29, 1.82) is 0 Å². The van der Waals surface area contributed by atoms with Crippen molar-refractivity contribution < 1.29 is 33.3 Å². The summed E-state index contributed by atoms with van der Waals surface area (Å²) in [5.41, 5.74) is 2.35. The topological polar surface area (TPSA) is 107 Å². The van der Waals surface area contributed by atoms with Gasteiger partial charge in [0.25, 0.3) is 5.91 Å². The van der Waals surface area contributed by atoms with Crippen molar-refractivity contribution in [2.45, 2.75) is 51.2 Å². The third-order valence-electron chi connectivity index (χ3n) is 6.21. The van der Waals surface area contributed by atoms with Gasteiger partial charge in [0.15, 0.2) is 5.78 Å². The van der Waals surface area contributed by atoms with E-state index in [4.69, 9.17) is 14.2 Å². The van der Waals surface area contributed by atoms with Gasteiger partial charge in [0, 0.05) is 44.6 Å². The number of nitrogens with zero attached hydrogens (tertiary/aromatic N) is 1. The van der Waals surface area contributed by atoms with Crippen LogP contribution in [0.2, 0.25) is 0 Å². The van der Waals surface area contributed by atoms with Crippen LogP contribution in [-0.2, 0) is 22.3 Å². The highest BCUT2D eigenvalue weighted by Crippen LogP contribution is 2.31. The number of nitrogens with one attached hydrogen (secondary N) is 1. The molecule has 35 heavy (non-hydrogen) atoms.